The van der Waals surface area contributed by atoms with Crippen LogP contribution in [0.1, 0.15) is 17.3 Å². The maximum absolute atomic E-state index is 10.6. The molecule has 0 amide bonds. The van der Waals surface area contributed by atoms with E-state index in [-0.39, 0.29) is 5.56 Å². The maximum Gasteiger partial charge on any atom is 0.339 e. The summed E-state index contributed by atoms with van der Waals surface area (Å²) in [7, 11) is 0. The van der Waals surface area contributed by atoms with E-state index in [4.69, 9.17) is 5.11 Å². The zero-order chi connectivity index (χ0) is 8.97. The first kappa shape index (κ1) is 8.52. The number of hydrogen-bond donors (Lipinski definition) is 2. The van der Waals surface area contributed by atoms with E-state index in [1.807, 2.05) is 6.92 Å². The molecule has 1 aromatic heterocycles. The van der Waals surface area contributed by atoms with Gasteiger partial charge in [0.25, 0.3) is 0 Å². The molecule has 0 aliphatic heterocycles. The van der Waals surface area contributed by atoms with Crippen LogP contribution in [0.3, 0.4) is 0 Å². The molecule has 0 atom stereocenters. The summed E-state index contributed by atoms with van der Waals surface area (Å²) < 4.78 is 0. The number of carbonyl (C=O) groups is 1. The van der Waals surface area contributed by atoms with Crippen LogP contribution in [0.5, 0.6) is 0 Å². The van der Waals surface area contributed by atoms with Gasteiger partial charge in [-0.05, 0) is 19.1 Å². The van der Waals surface area contributed by atoms with Gasteiger partial charge in [-0.2, -0.15) is 0 Å². The number of hydrogen-bond acceptors (Lipinski definition) is 3. The first-order valence-electron chi connectivity index (χ1n) is 3.68. The average molecular weight is 166 g/mol. The number of aromatic nitrogens is 1. The van der Waals surface area contributed by atoms with Crippen LogP contribution < -0.4 is 5.32 Å². The van der Waals surface area contributed by atoms with E-state index in [9.17, 15) is 4.79 Å². The van der Waals surface area contributed by atoms with E-state index in [0.717, 1.165) is 0 Å². The van der Waals surface area contributed by atoms with Crippen LogP contribution in [0.25, 0.3) is 0 Å². The number of rotatable bonds is 3. The second-order valence-electron chi connectivity index (χ2n) is 2.24. The topological polar surface area (TPSA) is 62.2 Å². The standard InChI is InChI=1S/C8H10N2O2/c1-2-9-7-6(8(11)12)4-3-5-10-7/h3-5H,2H2,1H3,(H,9,10)(H,11,12). The number of nitrogens with zero attached hydrogens (tertiary/aromatic N) is 1. The molecule has 64 valence electrons. The Balaban J connectivity index is 3.00. The highest BCUT2D eigenvalue weighted by atomic mass is 16.4. The van der Waals surface area contributed by atoms with Crippen molar-refractivity contribution in [3.05, 3.63) is 23.9 Å². The quantitative estimate of drug-likeness (QED) is 0.708. The van der Waals surface area contributed by atoms with Crippen molar-refractivity contribution >= 4 is 11.8 Å². The Bertz CT molecular complexity index is 286. The van der Waals surface area contributed by atoms with Crippen molar-refractivity contribution in [1.29, 1.82) is 0 Å². The Labute approximate surface area is 70.3 Å². The van der Waals surface area contributed by atoms with Gasteiger partial charge in [0.05, 0.1) is 0 Å². The lowest BCUT2D eigenvalue weighted by atomic mass is 10.2. The molecule has 4 heteroatoms. The molecule has 0 spiro atoms. The van der Waals surface area contributed by atoms with E-state index in [0.29, 0.717) is 12.4 Å². The Kier molecular flexibility index (Phi) is 2.63. The van der Waals surface area contributed by atoms with Gasteiger partial charge in [-0.15, -0.1) is 0 Å². The van der Waals surface area contributed by atoms with Crippen molar-refractivity contribution in [3.63, 3.8) is 0 Å². The molecule has 0 aliphatic rings. The third kappa shape index (κ3) is 1.72. The van der Waals surface area contributed by atoms with Crippen molar-refractivity contribution in [2.45, 2.75) is 6.92 Å². The summed E-state index contributed by atoms with van der Waals surface area (Å²) in [6.45, 7) is 2.55. The second kappa shape index (κ2) is 3.71. The van der Waals surface area contributed by atoms with E-state index >= 15 is 0 Å². The number of carboxylic acid groups (broad SMARTS) is 1. The molecule has 4 nitrogen and oxygen atoms in total. The van der Waals surface area contributed by atoms with E-state index < -0.39 is 5.97 Å². The lowest BCUT2D eigenvalue weighted by Gasteiger charge is -2.04. The largest absolute Gasteiger partial charge is 0.478 e. The number of carboxylic acids is 1. The van der Waals surface area contributed by atoms with Gasteiger partial charge in [0, 0.05) is 12.7 Å². The lowest BCUT2D eigenvalue weighted by molar-refractivity contribution is 0.0697. The van der Waals surface area contributed by atoms with E-state index in [1.165, 1.54) is 6.07 Å². The molecule has 0 fully saturated rings. The van der Waals surface area contributed by atoms with Crippen molar-refractivity contribution in [1.82, 2.24) is 4.98 Å². The Hall–Kier alpha value is -1.58. The highest BCUT2D eigenvalue weighted by molar-refractivity contribution is 5.92. The van der Waals surface area contributed by atoms with Gasteiger partial charge in [0.1, 0.15) is 11.4 Å². The van der Waals surface area contributed by atoms with Gasteiger partial charge < -0.3 is 10.4 Å². The van der Waals surface area contributed by atoms with Gasteiger partial charge in [0.2, 0.25) is 0 Å². The number of pyridine rings is 1. The normalized spacial score (nSPS) is 9.42. The van der Waals surface area contributed by atoms with Crippen molar-refractivity contribution in [3.8, 4) is 0 Å². The fourth-order valence-corrected chi connectivity index (χ4v) is 0.886. The van der Waals surface area contributed by atoms with Crippen LogP contribution in [-0.2, 0) is 0 Å². The molecule has 0 unspecified atom stereocenters. The zero-order valence-corrected chi connectivity index (χ0v) is 6.74. The third-order valence-corrected chi connectivity index (χ3v) is 1.38. The predicted molar refractivity (Wildman–Crippen MR) is 45.4 cm³/mol. The highest BCUT2D eigenvalue weighted by Crippen LogP contribution is 2.09. The molecule has 0 saturated heterocycles. The van der Waals surface area contributed by atoms with Crippen molar-refractivity contribution in [2.75, 3.05) is 11.9 Å². The number of anilines is 1. The van der Waals surface area contributed by atoms with E-state index in [2.05, 4.69) is 10.3 Å². The van der Waals surface area contributed by atoms with Gasteiger partial charge in [-0.3, -0.25) is 0 Å². The maximum atomic E-state index is 10.6. The van der Waals surface area contributed by atoms with Crippen LogP contribution in [0.4, 0.5) is 5.82 Å². The monoisotopic (exact) mass is 166 g/mol. The molecule has 12 heavy (non-hydrogen) atoms. The fourth-order valence-electron chi connectivity index (χ4n) is 0.886. The number of nitrogens with one attached hydrogen (secondary N) is 1. The third-order valence-electron chi connectivity index (χ3n) is 1.38. The van der Waals surface area contributed by atoms with Gasteiger partial charge in [0.15, 0.2) is 0 Å². The number of aromatic carboxylic acids is 1. The molecule has 0 bridgehead atoms. The molecular weight excluding hydrogens is 156 g/mol. The van der Waals surface area contributed by atoms with Gasteiger partial charge >= 0.3 is 5.97 Å². The van der Waals surface area contributed by atoms with Crippen LogP contribution in [0.15, 0.2) is 18.3 Å². The first-order valence-corrected chi connectivity index (χ1v) is 3.68. The molecule has 2 N–H and O–H groups in total. The molecule has 1 rings (SSSR count). The summed E-state index contributed by atoms with van der Waals surface area (Å²) in [5, 5.41) is 11.6. The summed E-state index contributed by atoms with van der Waals surface area (Å²) in [5.74, 6) is -0.536. The molecule has 1 heterocycles. The second-order valence-corrected chi connectivity index (χ2v) is 2.24. The average Bonchev–Trinajstić information content (AvgIpc) is 2.05. The minimum absolute atomic E-state index is 0.208. The van der Waals surface area contributed by atoms with Crippen LogP contribution >= 0.6 is 0 Å². The van der Waals surface area contributed by atoms with Gasteiger partial charge in [-0.1, -0.05) is 0 Å². The molecule has 0 aromatic carbocycles. The Morgan fingerprint density at radius 1 is 1.75 bits per heavy atom. The first-order chi connectivity index (χ1) is 5.75. The minimum atomic E-state index is -0.959. The summed E-state index contributed by atoms with van der Waals surface area (Å²) >= 11 is 0. The van der Waals surface area contributed by atoms with Crippen molar-refractivity contribution in [2.24, 2.45) is 0 Å². The van der Waals surface area contributed by atoms with Crippen LogP contribution in [-0.4, -0.2) is 22.6 Å². The van der Waals surface area contributed by atoms with Crippen LogP contribution in [0, 0.1) is 0 Å². The summed E-state index contributed by atoms with van der Waals surface area (Å²) in [5.41, 5.74) is 0.208. The zero-order valence-electron chi connectivity index (χ0n) is 6.74. The van der Waals surface area contributed by atoms with E-state index in [1.54, 1.807) is 12.3 Å². The lowest BCUT2D eigenvalue weighted by Crippen LogP contribution is -2.07. The Morgan fingerprint density at radius 2 is 2.50 bits per heavy atom. The SMILES string of the molecule is CCNc1ncccc1C(=O)O. The molecule has 0 saturated carbocycles. The van der Waals surface area contributed by atoms with Crippen molar-refractivity contribution < 1.29 is 9.90 Å². The molecule has 0 aliphatic carbocycles. The fraction of sp³-hybridized carbons (Fsp3) is 0.250. The Morgan fingerprint density at radius 3 is 3.08 bits per heavy atom. The molecule has 0 radical (unpaired) electrons. The molecule has 1 aromatic rings. The predicted octanol–water partition coefficient (Wildman–Crippen LogP) is 1.21. The highest BCUT2D eigenvalue weighted by Gasteiger charge is 2.08. The summed E-state index contributed by atoms with van der Waals surface area (Å²) in [6.07, 6.45) is 1.56. The van der Waals surface area contributed by atoms with Crippen LogP contribution in [0.2, 0.25) is 0 Å². The summed E-state index contributed by atoms with van der Waals surface area (Å²) in [4.78, 5) is 14.5. The molecular formula is C8H10N2O2. The smallest absolute Gasteiger partial charge is 0.339 e. The minimum Gasteiger partial charge on any atom is -0.478 e. The van der Waals surface area contributed by atoms with Gasteiger partial charge in [-0.25, -0.2) is 9.78 Å². The summed E-state index contributed by atoms with van der Waals surface area (Å²) in [6, 6.07) is 3.12.